The van der Waals surface area contributed by atoms with E-state index in [1.807, 2.05) is 29.3 Å². The molecule has 136 valence electrons. The minimum absolute atomic E-state index is 0.0000637. The Morgan fingerprint density at radius 1 is 1.28 bits per heavy atom. The standard InChI is InChI=1S/C19H25Cl2N3O/c1-19(2)15(13-16(20)21)17(19)18(25)24-11-9-23(10-12-24)8-6-14-5-3-4-7-22-14/h3-5,7,13,15,17H,6,8-12H2,1-2H3. The molecule has 4 nitrogen and oxygen atoms in total. The number of halogens is 2. The number of piperazine rings is 1. The summed E-state index contributed by atoms with van der Waals surface area (Å²) in [4.78, 5) is 21.6. The van der Waals surface area contributed by atoms with Gasteiger partial charge in [-0.2, -0.15) is 0 Å². The van der Waals surface area contributed by atoms with Crippen molar-refractivity contribution in [2.45, 2.75) is 20.3 Å². The van der Waals surface area contributed by atoms with Gasteiger partial charge < -0.3 is 4.90 Å². The van der Waals surface area contributed by atoms with Gasteiger partial charge in [0, 0.05) is 51.0 Å². The third kappa shape index (κ3) is 4.36. The molecule has 0 aromatic carbocycles. The average molecular weight is 382 g/mol. The number of allylic oxidation sites excluding steroid dienone is 1. The second-order valence-electron chi connectivity index (χ2n) is 7.52. The van der Waals surface area contributed by atoms with E-state index in [9.17, 15) is 4.79 Å². The SMILES string of the molecule is CC1(C)C(C=C(Cl)Cl)C1C(=O)N1CCN(CCc2ccccn2)CC1. The molecule has 1 aromatic rings. The van der Waals surface area contributed by atoms with Gasteiger partial charge in [0.15, 0.2) is 0 Å². The van der Waals surface area contributed by atoms with Crippen molar-refractivity contribution in [2.24, 2.45) is 17.3 Å². The summed E-state index contributed by atoms with van der Waals surface area (Å²) in [7, 11) is 0. The molecule has 25 heavy (non-hydrogen) atoms. The summed E-state index contributed by atoms with van der Waals surface area (Å²) in [5.41, 5.74) is 1.07. The van der Waals surface area contributed by atoms with Gasteiger partial charge >= 0.3 is 0 Å². The van der Waals surface area contributed by atoms with Crippen LogP contribution in [0.25, 0.3) is 0 Å². The second kappa shape index (κ2) is 7.65. The topological polar surface area (TPSA) is 36.4 Å². The lowest BCUT2D eigenvalue weighted by Gasteiger charge is -2.35. The molecular formula is C19H25Cl2N3O. The number of pyridine rings is 1. The van der Waals surface area contributed by atoms with Crippen LogP contribution in [-0.4, -0.2) is 53.4 Å². The van der Waals surface area contributed by atoms with Crippen molar-refractivity contribution in [1.29, 1.82) is 0 Å². The van der Waals surface area contributed by atoms with Crippen LogP contribution >= 0.6 is 23.2 Å². The number of aromatic nitrogens is 1. The van der Waals surface area contributed by atoms with Gasteiger partial charge in [-0.25, -0.2) is 0 Å². The third-order valence-electron chi connectivity index (χ3n) is 5.58. The fourth-order valence-corrected chi connectivity index (χ4v) is 4.07. The summed E-state index contributed by atoms with van der Waals surface area (Å²) in [5.74, 6) is 0.387. The number of amides is 1. The highest BCUT2D eigenvalue weighted by Gasteiger charge is 2.61. The van der Waals surface area contributed by atoms with Crippen molar-refractivity contribution >= 4 is 29.1 Å². The molecule has 3 rings (SSSR count). The third-order valence-corrected chi connectivity index (χ3v) is 5.83. The molecule has 6 heteroatoms. The summed E-state index contributed by atoms with van der Waals surface area (Å²) in [6.45, 7) is 8.62. The van der Waals surface area contributed by atoms with Crippen molar-refractivity contribution in [1.82, 2.24) is 14.8 Å². The van der Waals surface area contributed by atoms with Gasteiger partial charge in [0.25, 0.3) is 0 Å². The summed E-state index contributed by atoms with van der Waals surface area (Å²) in [6, 6.07) is 6.02. The van der Waals surface area contributed by atoms with Crippen molar-refractivity contribution in [2.75, 3.05) is 32.7 Å². The maximum atomic E-state index is 12.8. The lowest BCUT2D eigenvalue weighted by atomic mass is 10.1. The molecule has 0 N–H and O–H groups in total. The maximum Gasteiger partial charge on any atom is 0.226 e. The molecule has 1 aromatic heterocycles. The van der Waals surface area contributed by atoms with Crippen LogP contribution < -0.4 is 0 Å². The summed E-state index contributed by atoms with van der Waals surface area (Å²) >= 11 is 11.6. The molecule has 2 unspecified atom stereocenters. The lowest BCUT2D eigenvalue weighted by Crippen LogP contribution is -2.49. The Balaban J connectivity index is 1.48. The zero-order chi connectivity index (χ0) is 18.0. The van der Waals surface area contributed by atoms with Gasteiger partial charge in [-0.15, -0.1) is 0 Å². The van der Waals surface area contributed by atoms with Crippen molar-refractivity contribution in [3.63, 3.8) is 0 Å². The van der Waals surface area contributed by atoms with Crippen LogP contribution in [0.15, 0.2) is 35.0 Å². The van der Waals surface area contributed by atoms with E-state index < -0.39 is 0 Å². The molecule has 1 aliphatic heterocycles. The number of nitrogens with zero attached hydrogens (tertiary/aromatic N) is 3. The van der Waals surface area contributed by atoms with Crippen LogP contribution in [0.2, 0.25) is 0 Å². The fraction of sp³-hybridized carbons (Fsp3) is 0.579. The number of rotatable bonds is 5. The second-order valence-corrected chi connectivity index (χ2v) is 8.53. The minimum atomic E-state index is -0.0533. The van der Waals surface area contributed by atoms with E-state index in [-0.39, 0.29) is 27.6 Å². The van der Waals surface area contributed by atoms with E-state index in [0.29, 0.717) is 0 Å². The van der Waals surface area contributed by atoms with E-state index >= 15 is 0 Å². The van der Waals surface area contributed by atoms with Gasteiger partial charge in [-0.3, -0.25) is 14.7 Å². The quantitative estimate of drug-likeness (QED) is 0.784. The first-order chi connectivity index (χ1) is 11.9. The predicted molar refractivity (Wildman–Crippen MR) is 102 cm³/mol. The Labute approximate surface area is 159 Å². The lowest BCUT2D eigenvalue weighted by molar-refractivity contribution is -0.135. The Bertz CT molecular complexity index is 635. The first-order valence-electron chi connectivity index (χ1n) is 8.83. The highest BCUT2D eigenvalue weighted by atomic mass is 35.5. The van der Waals surface area contributed by atoms with Gasteiger partial charge in [-0.1, -0.05) is 43.1 Å². The Morgan fingerprint density at radius 2 is 2.00 bits per heavy atom. The van der Waals surface area contributed by atoms with Crippen molar-refractivity contribution in [3.05, 3.63) is 40.7 Å². The molecule has 2 fully saturated rings. The highest BCUT2D eigenvalue weighted by Crippen LogP contribution is 2.60. The molecule has 0 bridgehead atoms. The van der Waals surface area contributed by atoms with Crippen LogP contribution in [0.3, 0.4) is 0 Å². The van der Waals surface area contributed by atoms with Gasteiger partial charge in [-0.05, 0) is 29.5 Å². The highest BCUT2D eigenvalue weighted by molar-refractivity contribution is 6.55. The molecule has 0 spiro atoms. The summed E-state index contributed by atoms with van der Waals surface area (Å²) in [6.07, 6.45) is 4.60. The van der Waals surface area contributed by atoms with Gasteiger partial charge in [0.1, 0.15) is 4.49 Å². The minimum Gasteiger partial charge on any atom is -0.340 e. The Morgan fingerprint density at radius 3 is 2.60 bits per heavy atom. The summed E-state index contributed by atoms with van der Waals surface area (Å²) in [5, 5.41) is 0. The molecule has 2 atom stereocenters. The normalized spacial score (nSPS) is 25.5. The zero-order valence-corrected chi connectivity index (χ0v) is 16.3. The van der Waals surface area contributed by atoms with Crippen LogP contribution in [0.5, 0.6) is 0 Å². The maximum absolute atomic E-state index is 12.8. The molecule has 1 aliphatic carbocycles. The van der Waals surface area contributed by atoms with E-state index in [4.69, 9.17) is 23.2 Å². The molecule has 1 saturated carbocycles. The number of carbonyl (C=O) groups excluding carboxylic acids is 1. The van der Waals surface area contributed by atoms with Gasteiger partial charge in [0.2, 0.25) is 5.91 Å². The Kier molecular flexibility index (Phi) is 5.71. The van der Waals surface area contributed by atoms with E-state index in [0.717, 1.165) is 44.8 Å². The summed E-state index contributed by atoms with van der Waals surface area (Å²) < 4.78 is 0.257. The van der Waals surface area contributed by atoms with Crippen LogP contribution in [-0.2, 0) is 11.2 Å². The molecular weight excluding hydrogens is 357 g/mol. The monoisotopic (exact) mass is 381 g/mol. The average Bonchev–Trinajstić information content (AvgIpc) is 3.13. The molecule has 0 radical (unpaired) electrons. The van der Waals surface area contributed by atoms with Crippen LogP contribution in [0.4, 0.5) is 0 Å². The fourth-order valence-electron chi connectivity index (χ4n) is 3.80. The van der Waals surface area contributed by atoms with Gasteiger partial charge in [0.05, 0.1) is 5.92 Å². The number of hydrogen-bond donors (Lipinski definition) is 0. The Hall–Kier alpha value is -1.10. The zero-order valence-electron chi connectivity index (χ0n) is 14.8. The van der Waals surface area contributed by atoms with Crippen molar-refractivity contribution in [3.8, 4) is 0 Å². The van der Waals surface area contributed by atoms with E-state index in [1.54, 1.807) is 0 Å². The van der Waals surface area contributed by atoms with Crippen LogP contribution in [0.1, 0.15) is 19.5 Å². The first-order valence-corrected chi connectivity index (χ1v) is 9.59. The number of hydrogen-bond acceptors (Lipinski definition) is 3. The van der Waals surface area contributed by atoms with Crippen LogP contribution in [0, 0.1) is 17.3 Å². The predicted octanol–water partition coefficient (Wildman–Crippen LogP) is 3.36. The first kappa shape index (κ1) is 18.7. The smallest absolute Gasteiger partial charge is 0.226 e. The number of carbonyl (C=O) groups is 1. The largest absolute Gasteiger partial charge is 0.340 e. The van der Waals surface area contributed by atoms with E-state index in [2.05, 4.69) is 29.8 Å². The molecule has 1 saturated heterocycles. The molecule has 1 amide bonds. The van der Waals surface area contributed by atoms with E-state index in [1.165, 1.54) is 0 Å². The van der Waals surface area contributed by atoms with Crippen molar-refractivity contribution < 1.29 is 4.79 Å². The molecule has 2 aliphatic rings. The molecule has 2 heterocycles.